The number of esters is 4. The SMILES string of the molecule is COCOc1cc(OC)cc2c1C(=O)O[C@@H](C)[C@H](C)/C=C\C(OC(=O)c1ccccc1)[C@H]1OC(C)(C)OC1C/C=C/2.COCOc1cc(OCC[Si](C)(C)C)cc2c1C(=O)O[C@@H](C)[C@H](C)/C=C\C(OC(=O)c1ccccc1)[C@H]1OC(C)(C)OC1C/C=C/2. The normalized spacial score (nSPS) is 26.7. The maximum atomic E-state index is 13.8. The van der Waals surface area contributed by atoms with Crippen molar-refractivity contribution in [1.29, 1.82) is 0 Å². The summed E-state index contributed by atoms with van der Waals surface area (Å²) in [7, 11) is 3.23. The van der Waals surface area contributed by atoms with Gasteiger partial charge in [0.2, 0.25) is 0 Å². The van der Waals surface area contributed by atoms with Gasteiger partial charge in [-0.15, -0.1) is 0 Å². The first-order chi connectivity index (χ1) is 41.4. The summed E-state index contributed by atoms with van der Waals surface area (Å²) in [6, 6.07) is 25.5. The molecule has 4 unspecified atom stereocenters. The molecule has 0 amide bonds. The van der Waals surface area contributed by atoms with Crippen molar-refractivity contribution in [2.24, 2.45) is 11.8 Å². The van der Waals surface area contributed by atoms with Gasteiger partial charge in [-0.05, 0) is 120 Å². The van der Waals surface area contributed by atoms with Crippen LogP contribution in [-0.2, 0) is 47.4 Å². The lowest BCUT2D eigenvalue weighted by Crippen LogP contribution is -2.37. The zero-order valence-electron chi connectivity index (χ0n) is 52.6. The molecular weight excluding hydrogens is 1130 g/mol. The topological polar surface area (TPSA) is 198 Å². The lowest BCUT2D eigenvalue weighted by atomic mass is 9.98. The molecule has 2 fully saturated rings. The van der Waals surface area contributed by atoms with Crippen molar-refractivity contribution in [3.8, 4) is 23.0 Å². The van der Waals surface area contributed by atoms with Crippen molar-refractivity contribution in [2.75, 3.05) is 41.5 Å². The van der Waals surface area contributed by atoms with Gasteiger partial charge in [0.25, 0.3) is 0 Å². The summed E-state index contributed by atoms with van der Waals surface area (Å²) < 4.78 is 82.6. The maximum absolute atomic E-state index is 13.8. The Labute approximate surface area is 513 Å². The van der Waals surface area contributed by atoms with Gasteiger partial charge >= 0.3 is 23.9 Å². The van der Waals surface area contributed by atoms with Crippen LogP contribution in [0.3, 0.4) is 0 Å². The molecule has 470 valence electrons. The van der Waals surface area contributed by atoms with E-state index in [0.717, 1.165) is 6.04 Å². The molecular formula is C68H86O18Si. The van der Waals surface area contributed by atoms with Crippen molar-refractivity contribution in [3.63, 3.8) is 0 Å². The Bertz CT molecular complexity index is 3070. The summed E-state index contributed by atoms with van der Waals surface area (Å²) in [5.74, 6) is -2.60. The summed E-state index contributed by atoms with van der Waals surface area (Å²) >= 11 is 0. The molecule has 4 aliphatic rings. The van der Waals surface area contributed by atoms with Crippen molar-refractivity contribution < 1.29 is 85.5 Å². The van der Waals surface area contributed by atoms with E-state index in [4.69, 9.17) is 66.3 Å². The summed E-state index contributed by atoms with van der Waals surface area (Å²) in [5.41, 5.74) is 2.54. The third-order valence-corrected chi connectivity index (χ3v) is 16.5. The first kappa shape index (κ1) is 67.4. The smallest absolute Gasteiger partial charge is 0.342 e. The molecule has 0 aliphatic carbocycles. The van der Waals surface area contributed by atoms with Gasteiger partial charge in [-0.25, -0.2) is 19.2 Å². The number of methoxy groups -OCH3 is 3. The third kappa shape index (κ3) is 19.2. The fourth-order valence-corrected chi connectivity index (χ4v) is 10.6. The average Bonchev–Trinajstić information content (AvgIpc) is 2.36. The molecule has 0 spiro atoms. The van der Waals surface area contributed by atoms with Crippen LogP contribution in [0, 0.1) is 11.8 Å². The molecule has 0 N–H and O–H groups in total. The van der Waals surface area contributed by atoms with Gasteiger partial charge in [-0.1, -0.05) is 106 Å². The largest absolute Gasteiger partial charge is 0.497 e. The molecule has 4 aromatic rings. The number of ether oxygens (including phenoxy) is 14. The highest BCUT2D eigenvalue weighted by Gasteiger charge is 2.47. The first-order valence-electron chi connectivity index (χ1n) is 29.5. The van der Waals surface area contributed by atoms with Crippen LogP contribution in [0.4, 0.5) is 0 Å². The van der Waals surface area contributed by atoms with Crippen LogP contribution in [-0.4, -0.2) is 134 Å². The van der Waals surface area contributed by atoms with Gasteiger partial charge in [-0.2, -0.15) is 0 Å². The van der Waals surface area contributed by atoms with E-state index in [-0.39, 0.29) is 42.3 Å². The minimum absolute atomic E-state index is 0.0520. The van der Waals surface area contributed by atoms with Crippen molar-refractivity contribution in [2.45, 2.75) is 154 Å². The summed E-state index contributed by atoms with van der Waals surface area (Å²) in [5, 5.41) is 0. The molecule has 18 nitrogen and oxygen atoms in total. The van der Waals surface area contributed by atoms with Crippen LogP contribution in [0.2, 0.25) is 25.7 Å². The Morgan fingerprint density at radius 3 is 1.37 bits per heavy atom. The Morgan fingerprint density at radius 2 is 0.966 bits per heavy atom. The zero-order chi connectivity index (χ0) is 63.1. The van der Waals surface area contributed by atoms with Crippen LogP contribution in [0.5, 0.6) is 23.0 Å². The summed E-state index contributed by atoms with van der Waals surface area (Å²) in [6.45, 7) is 22.1. The quantitative estimate of drug-likeness (QED) is 0.0358. The second-order valence-electron chi connectivity index (χ2n) is 24.0. The highest BCUT2D eigenvalue weighted by molar-refractivity contribution is 6.76. The van der Waals surface area contributed by atoms with Gasteiger partial charge < -0.3 is 66.3 Å². The van der Waals surface area contributed by atoms with Crippen LogP contribution in [0.1, 0.15) is 121 Å². The van der Waals surface area contributed by atoms with Crippen LogP contribution in [0.15, 0.2) is 121 Å². The molecule has 8 rings (SSSR count). The monoisotopic (exact) mass is 1220 g/mol. The van der Waals surface area contributed by atoms with Crippen molar-refractivity contribution in [1.82, 2.24) is 0 Å². The standard InChI is InChI=1S/C36H48O9Si.C32H38O9/c1-24-17-18-29(43-34(37)26-13-10-9-11-14-26)33-30(44-36(3,4)45-33)16-12-15-27-21-28(40-19-20-46(6,7)8)22-31(41-23-39-5)32(27)35(38)42-25(24)2;1-20-15-16-25(39-30(33)22-11-8-7-9-12-22)29-26(40-32(3,4)41-29)14-10-13-23-17-24(36-6)18-27(37-19-35-5)28(23)31(34)38-21(20)2/h9-15,17-18,21-22,24-25,29-30,33H,16,19-20,23H2,1-8H3;7-13,15-18,20-21,25-26,29H,14,19H2,1-6H3/b15-12+,18-17-;13-10+,16-15-/t24-,25+,29?,30?,33-;20-,21+,25?,26?,29-/m11/s1. The number of cyclic esters (lactones) is 2. The van der Waals surface area contributed by atoms with Crippen molar-refractivity contribution >= 4 is 44.1 Å². The fourth-order valence-electron chi connectivity index (χ4n) is 9.89. The van der Waals surface area contributed by atoms with E-state index in [9.17, 15) is 19.2 Å². The number of hydrogen-bond donors (Lipinski definition) is 0. The molecule has 4 aromatic carbocycles. The molecule has 87 heavy (non-hydrogen) atoms. The van der Waals surface area contributed by atoms with Gasteiger partial charge in [0.15, 0.2) is 25.2 Å². The molecule has 0 bridgehead atoms. The van der Waals surface area contributed by atoms with E-state index in [1.54, 1.807) is 91.9 Å². The molecule has 4 heterocycles. The molecule has 10 atom stereocenters. The molecule has 19 heteroatoms. The van der Waals surface area contributed by atoms with E-state index >= 15 is 0 Å². The number of rotatable bonds is 15. The number of fused-ring (bicyclic) bond motifs is 4. The van der Waals surface area contributed by atoms with Crippen LogP contribution < -0.4 is 18.9 Å². The first-order valence-corrected chi connectivity index (χ1v) is 33.2. The van der Waals surface area contributed by atoms with Crippen LogP contribution >= 0.6 is 0 Å². The Balaban J connectivity index is 0.000000250. The third-order valence-electron chi connectivity index (χ3n) is 14.8. The van der Waals surface area contributed by atoms with Gasteiger partial charge in [-0.3, -0.25) is 0 Å². The predicted octanol–water partition coefficient (Wildman–Crippen LogP) is 12.9. The Kier molecular flexibility index (Phi) is 23.8. The zero-order valence-corrected chi connectivity index (χ0v) is 53.6. The molecule has 0 radical (unpaired) electrons. The average molecular weight is 1220 g/mol. The second kappa shape index (κ2) is 30.7. The van der Waals surface area contributed by atoms with Crippen molar-refractivity contribution in [3.05, 3.63) is 155 Å². The summed E-state index contributed by atoms with van der Waals surface area (Å²) in [6.07, 6.45) is 11.0. The molecule has 2 saturated heterocycles. The lowest BCUT2D eigenvalue weighted by Gasteiger charge is -2.26. The predicted molar refractivity (Wildman–Crippen MR) is 331 cm³/mol. The van der Waals surface area contributed by atoms with Gasteiger partial charge in [0.1, 0.15) is 70.7 Å². The lowest BCUT2D eigenvalue weighted by molar-refractivity contribution is -0.153. The minimum Gasteiger partial charge on any atom is -0.497 e. The number of carbonyl (C=O) groups excluding carboxylic acids is 4. The highest BCUT2D eigenvalue weighted by atomic mass is 28.3. The van der Waals surface area contributed by atoms with E-state index < -0.39 is 92.4 Å². The van der Waals surface area contributed by atoms with Gasteiger partial charge in [0, 0.05) is 46.3 Å². The minimum atomic E-state index is -1.33. The Hall–Kier alpha value is -7.10. The fraction of sp³-hybridized carbons (Fsp3) is 0.471. The van der Waals surface area contributed by atoms with E-state index in [2.05, 4.69) is 19.6 Å². The summed E-state index contributed by atoms with van der Waals surface area (Å²) in [4.78, 5) is 53.5. The maximum Gasteiger partial charge on any atom is 0.342 e. The molecule has 0 saturated carbocycles. The highest BCUT2D eigenvalue weighted by Crippen LogP contribution is 2.39. The second-order valence-corrected chi connectivity index (χ2v) is 29.6. The van der Waals surface area contributed by atoms with Gasteiger partial charge in [0.05, 0.1) is 37.1 Å². The number of carbonyl (C=O) groups is 4. The molecule has 0 aromatic heterocycles. The number of benzene rings is 4. The number of hydrogen-bond acceptors (Lipinski definition) is 18. The van der Waals surface area contributed by atoms with E-state index in [1.165, 1.54) is 21.3 Å². The molecule has 4 aliphatic heterocycles. The van der Waals surface area contributed by atoms with E-state index in [0.29, 0.717) is 59.0 Å². The van der Waals surface area contributed by atoms with E-state index in [1.807, 2.05) is 97.0 Å². The van der Waals surface area contributed by atoms with Crippen LogP contribution in [0.25, 0.3) is 12.2 Å². The Morgan fingerprint density at radius 1 is 0.552 bits per heavy atom.